The van der Waals surface area contributed by atoms with Crippen LogP contribution >= 0.6 is 11.3 Å². The molecule has 0 saturated carbocycles. The van der Waals surface area contributed by atoms with Crippen molar-refractivity contribution in [2.45, 2.75) is 6.54 Å². The third-order valence-corrected chi connectivity index (χ3v) is 5.72. The Morgan fingerprint density at radius 1 is 0.867 bits per heavy atom. The van der Waals surface area contributed by atoms with Gasteiger partial charge in [-0.05, 0) is 29.0 Å². The normalized spacial score (nSPS) is 13.0. The predicted octanol–water partition coefficient (Wildman–Crippen LogP) is 3.74. The summed E-state index contributed by atoms with van der Waals surface area (Å²) in [5.74, 6) is -1.01. The first-order chi connectivity index (χ1) is 14.6. The average molecular weight is 414 g/mol. The number of hydrogen-bond acceptors (Lipinski definition) is 6. The van der Waals surface area contributed by atoms with E-state index in [9.17, 15) is 14.4 Å². The molecule has 0 radical (unpaired) electrons. The monoisotopic (exact) mass is 414 g/mol. The molecule has 2 heterocycles. The maximum Gasteiger partial charge on any atom is 0.261 e. The lowest BCUT2D eigenvalue weighted by atomic mass is 10.0. The molecule has 146 valence electrons. The van der Waals surface area contributed by atoms with Gasteiger partial charge in [-0.2, -0.15) is 0 Å². The standard InChI is InChI=1S/C22H14N4O3S/c27-19(15-11-5-7-13-6-1-2-8-14(13)15)23-22-25-24-18(30-22)12-26-20(28)16-9-3-4-10-17(16)21(26)29/h1-11H,12H2,(H,23,25,27). The van der Waals surface area contributed by atoms with Gasteiger partial charge in [0, 0.05) is 5.56 Å². The van der Waals surface area contributed by atoms with Crippen LogP contribution in [0.15, 0.2) is 66.7 Å². The fourth-order valence-electron chi connectivity index (χ4n) is 3.47. The number of amides is 3. The fourth-order valence-corrected chi connectivity index (χ4v) is 4.20. The topological polar surface area (TPSA) is 92.3 Å². The summed E-state index contributed by atoms with van der Waals surface area (Å²) in [6, 6.07) is 19.8. The minimum absolute atomic E-state index is 0.00809. The van der Waals surface area contributed by atoms with Crippen molar-refractivity contribution in [3.8, 4) is 0 Å². The van der Waals surface area contributed by atoms with Crippen molar-refractivity contribution in [1.29, 1.82) is 0 Å². The van der Waals surface area contributed by atoms with Crippen LogP contribution in [0.3, 0.4) is 0 Å². The SMILES string of the molecule is O=C(Nc1nnc(CN2C(=O)c3ccccc3C2=O)s1)c1cccc2ccccc12. The lowest BCUT2D eigenvalue weighted by molar-refractivity contribution is 0.0641. The second-order valence-corrected chi connectivity index (χ2v) is 7.79. The van der Waals surface area contributed by atoms with Gasteiger partial charge in [-0.3, -0.25) is 24.6 Å². The first-order valence-corrected chi connectivity index (χ1v) is 10.0. The van der Waals surface area contributed by atoms with Gasteiger partial charge in [0.1, 0.15) is 5.01 Å². The molecular formula is C22H14N4O3S. The minimum atomic E-state index is -0.354. The molecule has 0 fully saturated rings. The summed E-state index contributed by atoms with van der Waals surface area (Å²) in [6.07, 6.45) is 0. The van der Waals surface area contributed by atoms with Gasteiger partial charge in [0.25, 0.3) is 17.7 Å². The van der Waals surface area contributed by atoms with Crippen LogP contribution in [0.5, 0.6) is 0 Å². The molecule has 0 bridgehead atoms. The summed E-state index contributed by atoms with van der Waals surface area (Å²) in [6.45, 7) is 0.00809. The number of nitrogens with one attached hydrogen (secondary N) is 1. The zero-order valence-electron chi connectivity index (χ0n) is 15.5. The molecule has 1 aromatic heterocycles. The quantitative estimate of drug-likeness (QED) is 0.514. The second kappa shape index (κ2) is 7.16. The Kier molecular flexibility index (Phi) is 4.33. The molecule has 4 aromatic rings. The van der Waals surface area contributed by atoms with Crippen LogP contribution in [-0.2, 0) is 6.54 Å². The summed E-state index contributed by atoms with van der Waals surface area (Å²) in [4.78, 5) is 38.9. The van der Waals surface area contributed by atoms with Gasteiger partial charge < -0.3 is 0 Å². The van der Waals surface area contributed by atoms with Crippen molar-refractivity contribution in [2.24, 2.45) is 0 Å². The van der Waals surface area contributed by atoms with Crippen LogP contribution in [0.4, 0.5) is 5.13 Å². The molecule has 8 heteroatoms. The molecule has 30 heavy (non-hydrogen) atoms. The Labute approximate surface area is 175 Å². The van der Waals surface area contributed by atoms with Gasteiger partial charge in [-0.15, -0.1) is 10.2 Å². The van der Waals surface area contributed by atoms with Crippen LogP contribution < -0.4 is 5.32 Å². The first kappa shape index (κ1) is 18.1. The van der Waals surface area contributed by atoms with E-state index in [0.29, 0.717) is 26.8 Å². The van der Waals surface area contributed by atoms with E-state index in [0.717, 1.165) is 27.0 Å². The van der Waals surface area contributed by atoms with Gasteiger partial charge in [0.05, 0.1) is 17.7 Å². The third-order valence-electron chi connectivity index (χ3n) is 4.89. The molecule has 0 atom stereocenters. The van der Waals surface area contributed by atoms with Gasteiger partial charge in [-0.25, -0.2) is 0 Å². The largest absolute Gasteiger partial charge is 0.296 e. The Morgan fingerprint density at radius 2 is 1.53 bits per heavy atom. The number of anilines is 1. The van der Waals surface area contributed by atoms with Crippen LogP contribution in [0, 0.1) is 0 Å². The van der Waals surface area contributed by atoms with Crippen molar-refractivity contribution < 1.29 is 14.4 Å². The van der Waals surface area contributed by atoms with Gasteiger partial charge in [0.15, 0.2) is 0 Å². The van der Waals surface area contributed by atoms with Crippen molar-refractivity contribution in [1.82, 2.24) is 15.1 Å². The highest BCUT2D eigenvalue weighted by Crippen LogP contribution is 2.26. The molecule has 3 amide bonds. The van der Waals surface area contributed by atoms with Crippen LogP contribution in [0.2, 0.25) is 0 Å². The third kappa shape index (κ3) is 3.03. The molecule has 1 N–H and O–H groups in total. The lowest BCUT2D eigenvalue weighted by Gasteiger charge is -2.10. The molecule has 1 aliphatic rings. The van der Waals surface area contributed by atoms with Crippen molar-refractivity contribution in [3.63, 3.8) is 0 Å². The maximum atomic E-state index is 12.7. The summed E-state index contributed by atoms with van der Waals surface area (Å²) >= 11 is 1.13. The number of imide groups is 1. The molecule has 0 unspecified atom stereocenters. The number of benzene rings is 3. The van der Waals surface area contributed by atoms with Crippen molar-refractivity contribution in [2.75, 3.05) is 5.32 Å². The number of rotatable bonds is 4. The smallest absolute Gasteiger partial charge is 0.261 e. The highest BCUT2D eigenvalue weighted by Gasteiger charge is 2.35. The molecule has 3 aromatic carbocycles. The molecule has 0 spiro atoms. The summed E-state index contributed by atoms with van der Waals surface area (Å²) in [5, 5.41) is 13.3. The van der Waals surface area contributed by atoms with E-state index in [2.05, 4.69) is 15.5 Å². The van der Waals surface area contributed by atoms with E-state index in [4.69, 9.17) is 0 Å². The number of carbonyl (C=O) groups excluding carboxylic acids is 3. The van der Waals surface area contributed by atoms with E-state index in [1.807, 2.05) is 36.4 Å². The van der Waals surface area contributed by atoms with E-state index >= 15 is 0 Å². The molecule has 7 nitrogen and oxygen atoms in total. The Balaban J connectivity index is 1.34. The summed E-state index contributed by atoms with van der Waals surface area (Å²) in [5.41, 5.74) is 1.30. The fraction of sp³-hybridized carbons (Fsp3) is 0.0455. The maximum absolute atomic E-state index is 12.7. The minimum Gasteiger partial charge on any atom is -0.296 e. The van der Waals surface area contributed by atoms with E-state index < -0.39 is 0 Å². The Morgan fingerprint density at radius 3 is 2.30 bits per heavy atom. The van der Waals surface area contributed by atoms with Crippen LogP contribution in [-0.4, -0.2) is 32.8 Å². The molecule has 0 aliphatic carbocycles. The molecule has 1 aliphatic heterocycles. The number of fused-ring (bicyclic) bond motifs is 2. The zero-order valence-corrected chi connectivity index (χ0v) is 16.3. The second-order valence-electron chi connectivity index (χ2n) is 6.72. The predicted molar refractivity (Wildman–Crippen MR) is 112 cm³/mol. The highest BCUT2D eigenvalue weighted by atomic mass is 32.1. The Hall–Kier alpha value is -3.91. The molecule has 0 saturated heterocycles. The number of aromatic nitrogens is 2. The Bertz CT molecular complexity index is 1290. The van der Waals surface area contributed by atoms with E-state index in [1.54, 1.807) is 30.3 Å². The van der Waals surface area contributed by atoms with Crippen molar-refractivity contribution in [3.05, 3.63) is 88.4 Å². The average Bonchev–Trinajstić information content (AvgIpc) is 3.31. The zero-order chi connectivity index (χ0) is 20.7. The summed E-state index contributed by atoms with van der Waals surface area (Å²) < 4.78 is 0. The summed E-state index contributed by atoms with van der Waals surface area (Å²) in [7, 11) is 0. The van der Waals surface area contributed by atoms with Gasteiger partial charge in [0.2, 0.25) is 5.13 Å². The van der Waals surface area contributed by atoms with Gasteiger partial charge >= 0.3 is 0 Å². The lowest BCUT2D eigenvalue weighted by Crippen LogP contribution is -2.29. The van der Waals surface area contributed by atoms with Crippen molar-refractivity contribution >= 4 is 45.0 Å². The van der Waals surface area contributed by atoms with Crippen LogP contribution in [0.25, 0.3) is 10.8 Å². The number of carbonyl (C=O) groups is 3. The molecule has 5 rings (SSSR count). The molecular weight excluding hydrogens is 400 g/mol. The number of nitrogens with zero attached hydrogens (tertiary/aromatic N) is 3. The van der Waals surface area contributed by atoms with Gasteiger partial charge in [-0.1, -0.05) is 59.9 Å². The number of hydrogen-bond donors (Lipinski definition) is 1. The van der Waals surface area contributed by atoms with Crippen LogP contribution in [0.1, 0.15) is 36.1 Å². The highest BCUT2D eigenvalue weighted by molar-refractivity contribution is 7.15. The van der Waals surface area contributed by atoms with E-state index in [-0.39, 0.29) is 24.3 Å². The van der Waals surface area contributed by atoms with E-state index in [1.165, 1.54) is 0 Å². The first-order valence-electron chi connectivity index (χ1n) is 9.18.